The molecule has 0 bridgehead atoms. The fourth-order valence-corrected chi connectivity index (χ4v) is 1.24. The van der Waals surface area contributed by atoms with E-state index in [1.807, 2.05) is 19.9 Å². The van der Waals surface area contributed by atoms with Crippen molar-refractivity contribution in [2.75, 3.05) is 7.11 Å². The zero-order valence-corrected chi connectivity index (χ0v) is 8.96. The summed E-state index contributed by atoms with van der Waals surface area (Å²) >= 11 is 0. The number of rotatable bonds is 4. The molecule has 0 atom stereocenters. The van der Waals surface area contributed by atoms with Gasteiger partial charge in [-0.2, -0.15) is 8.78 Å². The van der Waals surface area contributed by atoms with Gasteiger partial charge in [0.15, 0.2) is 11.5 Å². The average molecular weight is 216 g/mol. The van der Waals surface area contributed by atoms with E-state index < -0.39 is 6.61 Å². The van der Waals surface area contributed by atoms with Crippen LogP contribution in [0.3, 0.4) is 0 Å². The van der Waals surface area contributed by atoms with Gasteiger partial charge in [0.05, 0.1) is 7.11 Å². The average Bonchev–Trinajstić information content (AvgIpc) is 2.16. The van der Waals surface area contributed by atoms with Crippen molar-refractivity contribution >= 4 is 0 Å². The lowest BCUT2D eigenvalue weighted by atomic mass is 10.0. The molecule has 1 aromatic rings. The molecule has 15 heavy (non-hydrogen) atoms. The molecule has 0 aromatic heterocycles. The Morgan fingerprint density at radius 2 is 1.80 bits per heavy atom. The van der Waals surface area contributed by atoms with Gasteiger partial charge in [-0.25, -0.2) is 0 Å². The standard InChI is InChI=1S/C11H14F2O2/c1-7(2)8-4-5-9(14-3)10(6-8)15-11(12)13/h4-7,11H,1-3H3. The molecule has 1 rings (SSSR count). The Balaban J connectivity index is 3.02. The first-order valence-corrected chi connectivity index (χ1v) is 4.67. The lowest BCUT2D eigenvalue weighted by Gasteiger charge is -2.12. The van der Waals surface area contributed by atoms with Crippen molar-refractivity contribution in [2.45, 2.75) is 26.4 Å². The number of alkyl halides is 2. The van der Waals surface area contributed by atoms with Crippen LogP contribution in [0.25, 0.3) is 0 Å². The smallest absolute Gasteiger partial charge is 0.387 e. The maximum atomic E-state index is 12.1. The second kappa shape index (κ2) is 4.96. The Morgan fingerprint density at radius 3 is 2.27 bits per heavy atom. The Kier molecular flexibility index (Phi) is 3.88. The van der Waals surface area contributed by atoms with E-state index in [0.717, 1.165) is 5.56 Å². The molecule has 0 amide bonds. The van der Waals surface area contributed by atoms with Crippen LogP contribution in [-0.2, 0) is 0 Å². The van der Waals surface area contributed by atoms with Gasteiger partial charge in [-0.05, 0) is 23.6 Å². The third-order valence-corrected chi connectivity index (χ3v) is 2.07. The SMILES string of the molecule is COc1ccc(C(C)C)cc1OC(F)F. The van der Waals surface area contributed by atoms with E-state index >= 15 is 0 Å². The van der Waals surface area contributed by atoms with Crippen LogP contribution in [0.5, 0.6) is 11.5 Å². The van der Waals surface area contributed by atoms with Crippen molar-refractivity contribution in [1.29, 1.82) is 0 Å². The topological polar surface area (TPSA) is 18.5 Å². The highest BCUT2D eigenvalue weighted by Gasteiger charge is 2.12. The van der Waals surface area contributed by atoms with E-state index in [4.69, 9.17) is 4.74 Å². The Labute approximate surface area is 87.8 Å². The Morgan fingerprint density at radius 1 is 1.13 bits per heavy atom. The molecule has 84 valence electrons. The third kappa shape index (κ3) is 3.08. The lowest BCUT2D eigenvalue weighted by Crippen LogP contribution is -2.04. The summed E-state index contributed by atoms with van der Waals surface area (Å²) in [4.78, 5) is 0. The lowest BCUT2D eigenvalue weighted by molar-refractivity contribution is -0.0512. The fraction of sp³-hybridized carbons (Fsp3) is 0.455. The second-order valence-electron chi connectivity index (χ2n) is 3.44. The highest BCUT2D eigenvalue weighted by molar-refractivity contribution is 5.43. The van der Waals surface area contributed by atoms with E-state index in [9.17, 15) is 8.78 Å². The van der Waals surface area contributed by atoms with Gasteiger partial charge < -0.3 is 9.47 Å². The predicted octanol–water partition coefficient (Wildman–Crippen LogP) is 3.42. The zero-order valence-electron chi connectivity index (χ0n) is 8.96. The first kappa shape index (κ1) is 11.8. The minimum Gasteiger partial charge on any atom is -0.493 e. The van der Waals surface area contributed by atoms with Crippen molar-refractivity contribution < 1.29 is 18.3 Å². The molecule has 2 nitrogen and oxygen atoms in total. The largest absolute Gasteiger partial charge is 0.493 e. The number of halogens is 2. The van der Waals surface area contributed by atoms with E-state index in [0.29, 0.717) is 5.75 Å². The summed E-state index contributed by atoms with van der Waals surface area (Å²) in [5.41, 5.74) is 0.937. The van der Waals surface area contributed by atoms with Crippen LogP contribution >= 0.6 is 0 Å². The summed E-state index contributed by atoms with van der Waals surface area (Å²) in [6.07, 6.45) is 0. The Bertz CT molecular complexity index is 324. The van der Waals surface area contributed by atoms with Gasteiger partial charge in [-0.3, -0.25) is 0 Å². The molecule has 0 heterocycles. The number of ether oxygens (including phenoxy) is 2. The minimum atomic E-state index is -2.83. The monoisotopic (exact) mass is 216 g/mol. The van der Waals surface area contributed by atoms with Crippen molar-refractivity contribution in [3.63, 3.8) is 0 Å². The quantitative estimate of drug-likeness (QED) is 0.767. The maximum absolute atomic E-state index is 12.1. The molecule has 0 aliphatic rings. The molecule has 0 spiro atoms. The molecule has 4 heteroatoms. The van der Waals surface area contributed by atoms with Crippen molar-refractivity contribution in [3.8, 4) is 11.5 Å². The summed E-state index contributed by atoms with van der Waals surface area (Å²) in [6.45, 7) is 1.13. The van der Waals surface area contributed by atoms with Crippen LogP contribution in [0.1, 0.15) is 25.3 Å². The summed E-state index contributed by atoms with van der Waals surface area (Å²) in [5, 5.41) is 0. The number of methoxy groups -OCH3 is 1. The fourth-order valence-electron chi connectivity index (χ4n) is 1.24. The van der Waals surface area contributed by atoms with Gasteiger partial charge in [0.25, 0.3) is 0 Å². The van der Waals surface area contributed by atoms with Crippen LogP contribution in [0.15, 0.2) is 18.2 Å². The molecular formula is C11H14F2O2. The van der Waals surface area contributed by atoms with Gasteiger partial charge in [-0.1, -0.05) is 19.9 Å². The van der Waals surface area contributed by atoms with Gasteiger partial charge in [0, 0.05) is 0 Å². The van der Waals surface area contributed by atoms with E-state index in [1.54, 1.807) is 12.1 Å². The van der Waals surface area contributed by atoms with Gasteiger partial charge in [0.2, 0.25) is 0 Å². The highest BCUT2D eigenvalue weighted by atomic mass is 19.3. The highest BCUT2D eigenvalue weighted by Crippen LogP contribution is 2.31. The number of hydrogen-bond donors (Lipinski definition) is 0. The molecule has 0 aliphatic heterocycles. The molecule has 0 saturated heterocycles. The van der Waals surface area contributed by atoms with E-state index in [2.05, 4.69) is 4.74 Å². The van der Waals surface area contributed by atoms with Gasteiger partial charge in [0.1, 0.15) is 0 Å². The van der Waals surface area contributed by atoms with Crippen molar-refractivity contribution in [2.24, 2.45) is 0 Å². The molecule has 0 unspecified atom stereocenters. The second-order valence-corrected chi connectivity index (χ2v) is 3.44. The molecule has 0 radical (unpaired) electrons. The number of benzene rings is 1. The molecule has 1 aromatic carbocycles. The molecule has 0 saturated carbocycles. The summed E-state index contributed by atoms with van der Waals surface area (Å²) in [7, 11) is 1.42. The number of hydrogen-bond acceptors (Lipinski definition) is 2. The van der Waals surface area contributed by atoms with Crippen LogP contribution in [-0.4, -0.2) is 13.7 Å². The maximum Gasteiger partial charge on any atom is 0.387 e. The third-order valence-electron chi connectivity index (χ3n) is 2.07. The summed E-state index contributed by atoms with van der Waals surface area (Å²) in [6, 6.07) is 5.05. The minimum absolute atomic E-state index is 0.0821. The molecular weight excluding hydrogens is 202 g/mol. The van der Waals surface area contributed by atoms with Crippen molar-refractivity contribution in [3.05, 3.63) is 23.8 Å². The van der Waals surface area contributed by atoms with Crippen LogP contribution in [0.4, 0.5) is 8.78 Å². The first-order valence-electron chi connectivity index (χ1n) is 4.67. The normalized spacial score (nSPS) is 10.9. The molecule has 0 fully saturated rings. The van der Waals surface area contributed by atoms with Gasteiger partial charge >= 0.3 is 6.61 Å². The molecule has 0 N–H and O–H groups in total. The van der Waals surface area contributed by atoms with E-state index in [1.165, 1.54) is 7.11 Å². The van der Waals surface area contributed by atoms with Crippen LogP contribution in [0, 0.1) is 0 Å². The summed E-state index contributed by atoms with van der Waals surface area (Å²) < 4.78 is 33.5. The van der Waals surface area contributed by atoms with Crippen LogP contribution in [0.2, 0.25) is 0 Å². The van der Waals surface area contributed by atoms with Crippen molar-refractivity contribution in [1.82, 2.24) is 0 Å². The van der Waals surface area contributed by atoms with Gasteiger partial charge in [-0.15, -0.1) is 0 Å². The predicted molar refractivity (Wildman–Crippen MR) is 53.7 cm³/mol. The Hall–Kier alpha value is -1.32. The van der Waals surface area contributed by atoms with E-state index in [-0.39, 0.29) is 11.7 Å². The summed E-state index contributed by atoms with van der Waals surface area (Å²) in [5.74, 6) is 0.661. The molecule has 0 aliphatic carbocycles. The van der Waals surface area contributed by atoms with Crippen LogP contribution < -0.4 is 9.47 Å². The first-order chi connectivity index (χ1) is 7.04. The zero-order chi connectivity index (χ0) is 11.4.